The predicted octanol–water partition coefficient (Wildman–Crippen LogP) is 2.26. The zero-order chi connectivity index (χ0) is 7.68. The van der Waals surface area contributed by atoms with Crippen molar-refractivity contribution in [2.24, 2.45) is 5.92 Å². The number of fused-ring (bicyclic) bond motifs is 1. The average Bonchev–Trinajstić information content (AvgIpc) is 2.06. The van der Waals surface area contributed by atoms with E-state index in [-0.39, 0.29) is 6.10 Å². The molecular formula is C10H16O. The molecule has 0 amide bonds. The van der Waals surface area contributed by atoms with E-state index in [0.717, 1.165) is 12.3 Å². The third kappa shape index (κ3) is 1.34. The molecule has 2 aliphatic rings. The zero-order valence-electron chi connectivity index (χ0n) is 6.92. The summed E-state index contributed by atoms with van der Waals surface area (Å²) in [6, 6.07) is 0. The van der Waals surface area contributed by atoms with Crippen molar-refractivity contribution in [3.63, 3.8) is 0 Å². The molecule has 0 bridgehead atoms. The van der Waals surface area contributed by atoms with Gasteiger partial charge < -0.3 is 5.11 Å². The maximum Gasteiger partial charge on any atom is 0.0752 e. The lowest BCUT2D eigenvalue weighted by atomic mass is 9.76. The number of hydrogen-bond donors (Lipinski definition) is 1. The molecule has 2 unspecified atom stereocenters. The molecule has 0 aromatic heterocycles. The second kappa shape index (κ2) is 2.98. The number of aliphatic hydroxyl groups is 1. The van der Waals surface area contributed by atoms with Crippen LogP contribution < -0.4 is 0 Å². The van der Waals surface area contributed by atoms with E-state index >= 15 is 0 Å². The molecular weight excluding hydrogens is 136 g/mol. The second-order valence-electron chi connectivity index (χ2n) is 3.78. The predicted molar refractivity (Wildman–Crippen MR) is 45.3 cm³/mol. The second-order valence-corrected chi connectivity index (χ2v) is 3.78. The summed E-state index contributed by atoms with van der Waals surface area (Å²) >= 11 is 0. The lowest BCUT2D eigenvalue weighted by Crippen LogP contribution is -2.25. The minimum absolute atomic E-state index is 0.0888. The fourth-order valence-electron chi connectivity index (χ4n) is 2.41. The van der Waals surface area contributed by atoms with Gasteiger partial charge in [0.2, 0.25) is 0 Å². The lowest BCUT2D eigenvalue weighted by Gasteiger charge is -2.32. The van der Waals surface area contributed by atoms with Crippen molar-refractivity contribution in [1.82, 2.24) is 0 Å². The van der Waals surface area contributed by atoms with E-state index in [9.17, 15) is 5.11 Å². The van der Waals surface area contributed by atoms with Gasteiger partial charge in [0.1, 0.15) is 0 Å². The number of hydrogen-bond acceptors (Lipinski definition) is 1. The standard InChI is InChI=1S/C10H16O/c11-10-7-3-5-8-4-1-2-6-9(8)10/h6,8,10-11H,1-5,7H2. The molecule has 0 spiro atoms. The van der Waals surface area contributed by atoms with Crippen LogP contribution in [0.5, 0.6) is 0 Å². The van der Waals surface area contributed by atoms with E-state index in [1.807, 2.05) is 0 Å². The van der Waals surface area contributed by atoms with Crippen LogP contribution in [-0.2, 0) is 0 Å². The number of aliphatic hydroxyl groups excluding tert-OH is 1. The minimum Gasteiger partial charge on any atom is -0.389 e. The first-order valence-corrected chi connectivity index (χ1v) is 4.76. The number of allylic oxidation sites excluding steroid dienone is 1. The zero-order valence-corrected chi connectivity index (χ0v) is 6.92. The Bertz CT molecular complexity index is 172. The van der Waals surface area contributed by atoms with Crippen LogP contribution in [0.3, 0.4) is 0 Å². The molecule has 0 aromatic rings. The Morgan fingerprint density at radius 1 is 1.18 bits per heavy atom. The van der Waals surface area contributed by atoms with Gasteiger partial charge in [0.25, 0.3) is 0 Å². The molecule has 11 heavy (non-hydrogen) atoms. The summed E-state index contributed by atoms with van der Waals surface area (Å²) in [4.78, 5) is 0. The van der Waals surface area contributed by atoms with Gasteiger partial charge in [-0.05, 0) is 50.0 Å². The molecule has 1 saturated carbocycles. The van der Waals surface area contributed by atoms with Crippen molar-refractivity contribution in [3.05, 3.63) is 11.6 Å². The first-order valence-electron chi connectivity index (χ1n) is 4.76. The van der Waals surface area contributed by atoms with Gasteiger partial charge in [-0.1, -0.05) is 6.08 Å². The Morgan fingerprint density at radius 3 is 2.82 bits per heavy atom. The highest BCUT2D eigenvalue weighted by molar-refractivity contribution is 5.16. The van der Waals surface area contributed by atoms with Crippen LogP contribution in [0.15, 0.2) is 11.6 Å². The van der Waals surface area contributed by atoms with Crippen LogP contribution in [0.25, 0.3) is 0 Å². The minimum atomic E-state index is -0.0888. The van der Waals surface area contributed by atoms with Crippen molar-refractivity contribution in [2.45, 2.75) is 44.6 Å². The topological polar surface area (TPSA) is 20.2 Å². The Balaban J connectivity index is 2.14. The molecule has 1 N–H and O–H groups in total. The van der Waals surface area contributed by atoms with Crippen LogP contribution >= 0.6 is 0 Å². The van der Waals surface area contributed by atoms with Crippen LogP contribution in [-0.4, -0.2) is 11.2 Å². The quantitative estimate of drug-likeness (QED) is 0.528. The van der Waals surface area contributed by atoms with Gasteiger partial charge in [-0.2, -0.15) is 0 Å². The molecule has 0 aliphatic heterocycles. The van der Waals surface area contributed by atoms with Crippen molar-refractivity contribution in [3.8, 4) is 0 Å². The molecule has 62 valence electrons. The fourth-order valence-corrected chi connectivity index (χ4v) is 2.41. The van der Waals surface area contributed by atoms with Crippen LogP contribution in [0, 0.1) is 5.92 Å². The van der Waals surface area contributed by atoms with Gasteiger partial charge in [-0.25, -0.2) is 0 Å². The highest BCUT2D eigenvalue weighted by Crippen LogP contribution is 2.36. The van der Waals surface area contributed by atoms with Gasteiger partial charge in [0.05, 0.1) is 6.10 Å². The molecule has 2 atom stereocenters. The first-order chi connectivity index (χ1) is 5.38. The fraction of sp³-hybridized carbons (Fsp3) is 0.800. The third-order valence-corrected chi connectivity index (χ3v) is 3.02. The maximum atomic E-state index is 9.64. The summed E-state index contributed by atoms with van der Waals surface area (Å²) in [5, 5.41) is 9.64. The van der Waals surface area contributed by atoms with E-state index in [1.54, 1.807) is 0 Å². The van der Waals surface area contributed by atoms with Gasteiger partial charge in [0.15, 0.2) is 0 Å². The van der Waals surface area contributed by atoms with E-state index < -0.39 is 0 Å². The summed E-state index contributed by atoms with van der Waals surface area (Å²) in [7, 11) is 0. The maximum absolute atomic E-state index is 9.64. The summed E-state index contributed by atoms with van der Waals surface area (Å²) in [6.07, 6.45) is 9.59. The smallest absolute Gasteiger partial charge is 0.0752 e. The van der Waals surface area contributed by atoms with Gasteiger partial charge >= 0.3 is 0 Å². The van der Waals surface area contributed by atoms with Crippen molar-refractivity contribution < 1.29 is 5.11 Å². The molecule has 0 aromatic carbocycles. The molecule has 1 fully saturated rings. The molecule has 0 saturated heterocycles. The molecule has 1 heteroatoms. The van der Waals surface area contributed by atoms with E-state index in [1.165, 1.54) is 37.7 Å². The number of rotatable bonds is 0. The monoisotopic (exact) mass is 152 g/mol. The molecule has 0 heterocycles. The van der Waals surface area contributed by atoms with Crippen LogP contribution in [0.1, 0.15) is 38.5 Å². The molecule has 2 aliphatic carbocycles. The van der Waals surface area contributed by atoms with Gasteiger partial charge in [-0.15, -0.1) is 0 Å². The highest BCUT2D eigenvalue weighted by Gasteiger charge is 2.26. The van der Waals surface area contributed by atoms with Gasteiger partial charge in [-0.3, -0.25) is 0 Å². The Kier molecular flexibility index (Phi) is 1.99. The Morgan fingerprint density at radius 2 is 2.00 bits per heavy atom. The van der Waals surface area contributed by atoms with Gasteiger partial charge in [0, 0.05) is 0 Å². The Hall–Kier alpha value is -0.300. The molecule has 2 rings (SSSR count). The molecule has 0 radical (unpaired) electrons. The van der Waals surface area contributed by atoms with Crippen molar-refractivity contribution in [2.75, 3.05) is 0 Å². The highest BCUT2D eigenvalue weighted by atomic mass is 16.3. The Labute approximate surface area is 68.1 Å². The first kappa shape index (κ1) is 7.35. The molecule has 1 nitrogen and oxygen atoms in total. The SMILES string of the molecule is OC1CCCC2CCCC=C12. The van der Waals surface area contributed by atoms with Crippen molar-refractivity contribution in [1.29, 1.82) is 0 Å². The van der Waals surface area contributed by atoms with E-state index in [4.69, 9.17) is 0 Å². The lowest BCUT2D eigenvalue weighted by molar-refractivity contribution is 0.153. The normalized spacial score (nSPS) is 37.7. The van der Waals surface area contributed by atoms with Crippen LogP contribution in [0.2, 0.25) is 0 Å². The third-order valence-electron chi connectivity index (χ3n) is 3.02. The summed E-state index contributed by atoms with van der Waals surface area (Å²) < 4.78 is 0. The van der Waals surface area contributed by atoms with E-state index in [2.05, 4.69) is 6.08 Å². The summed E-state index contributed by atoms with van der Waals surface area (Å²) in [6.45, 7) is 0. The van der Waals surface area contributed by atoms with Crippen molar-refractivity contribution >= 4 is 0 Å². The van der Waals surface area contributed by atoms with Crippen LogP contribution in [0.4, 0.5) is 0 Å². The van der Waals surface area contributed by atoms with E-state index in [0.29, 0.717) is 0 Å². The average molecular weight is 152 g/mol. The summed E-state index contributed by atoms with van der Waals surface area (Å²) in [5.74, 6) is 0.743. The summed E-state index contributed by atoms with van der Waals surface area (Å²) in [5.41, 5.74) is 1.36. The largest absolute Gasteiger partial charge is 0.389 e.